The van der Waals surface area contributed by atoms with E-state index in [1.54, 1.807) is 37.3 Å². The van der Waals surface area contributed by atoms with Gasteiger partial charge >= 0.3 is 0 Å². The number of aliphatic hydroxyl groups is 1. The second kappa shape index (κ2) is 8.95. The minimum absolute atomic E-state index is 0. The van der Waals surface area contributed by atoms with Crippen molar-refractivity contribution in [1.82, 2.24) is 9.71 Å². The lowest BCUT2D eigenvalue weighted by Crippen LogP contribution is -2.34. The molecule has 1 atom stereocenters. The molecule has 10 heteroatoms. The van der Waals surface area contributed by atoms with Crippen LogP contribution in [0.4, 0.5) is 5.82 Å². The maximum atomic E-state index is 13.2. The Balaban J connectivity index is 0.00000304. The van der Waals surface area contributed by atoms with Crippen molar-refractivity contribution in [3.8, 4) is 22.8 Å². The third-order valence-electron chi connectivity index (χ3n) is 6.19. The van der Waals surface area contributed by atoms with Crippen molar-refractivity contribution in [3.05, 3.63) is 66.2 Å². The molecule has 35 heavy (non-hydrogen) atoms. The second-order valence-electron chi connectivity index (χ2n) is 8.74. The monoisotopic (exact) mass is 497 g/mol. The molecule has 3 N–H and O–H groups in total. The highest BCUT2D eigenvalue weighted by atomic mass is 32.2. The molecule has 1 fully saturated rings. The van der Waals surface area contributed by atoms with Gasteiger partial charge in [0.15, 0.2) is 11.5 Å². The van der Waals surface area contributed by atoms with Crippen molar-refractivity contribution in [2.24, 2.45) is 0 Å². The van der Waals surface area contributed by atoms with Gasteiger partial charge < -0.3 is 19.9 Å². The van der Waals surface area contributed by atoms with E-state index < -0.39 is 21.5 Å². The van der Waals surface area contributed by atoms with Crippen LogP contribution < -0.4 is 19.5 Å². The third-order valence-corrected chi connectivity index (χ3v) is 7.80. The summed E-state index contributed by atoms with van der Waals surface area (Å²) in [5, 5.41) is 12.0. The maximum absolute atomic E-state index is 13.2. The number of carbonyl (C=O) groups excluding carboxylic acids is 1. The van der Waals surface area contributed by atoms with Gasteiger partial charge in [0.2, 0.25) is 22.7 Å². The Morgan fingerprint density at radius 2 is 1.86 bits per heavy atom. The van der Waals surface area contributed by atoms with E-state index in [0.717, 1.165) is 18.4 Å². The molecule has 3 aromatic rings. The van der Waals surface area contributed by atoms with Crippen molar-refractivity contribution >= 4 is 21.7 Å². The van der Waals surface area contributed by atoms with Crippen LogP contribution in [0.3, 0.4) is 0 Å². The van der Waals surface area contributed by atoms with Crippen LogP contribution in [-0.4, -0.2) is 43.9 Å². The number of nitrogens with one attached hydrogen (secondary N) is 2. The second-order valence-corrected chi connectivity index (χ2v) is 10.5. The molecule has 0 bridgehead atoms. The summed E-state index contributed by atoms with van der Waals surface area (Å²) in [6.07, 6.45) is 1.47. The molecule has 2 heterocycles. The average molecular weight is 498 g/mol. The van der Waals surface area contributed by atoms with Gasteiger partial charge in [-0.05, 0) is 61.7 Å². The number of pyridine rings is 1. The van der Waals surface area contributed by atoms with Crippen LogP contribution in [0, 0.1) is 0 Å². The molecule has 1 aliphatic heterocycles. The molecule has 0 unspecified atom stereocenters. The highest BCUT2D eigenvalue weighted by molar-refractivity contribution is 7.89. The molecule has 9 nitrogen and oxygen atoms in total. The van der Waals surface area contributed by atoms with E-state index >= 15 is 0 Å². The predicted molar refractivity (Wildman–Crippen MR) is 131 cm³/mol. The first-order valence-corrected chi connectivity index (χ1v) is 12.7. The van der Waals surface area contributed by atoms with E-state index in [9.17, 15) is 13.2 Å². The molecule has 0 spiro atoms. The molecular weight excluding hydrogens is 470 g/mol. The van der Waals surface area contributed by atoms with Crippen LogP contribution in [0.5, 0.6) is 11.5 Å². The summed E-state index contributed by atoms with van der Waals surface area (Å²) in [6.45, 7) is 1.46. The van der Waals surface area contributed by atoms with Crippen LogP contribution in [0.25, 0.3) is 11.3 Å². The molecule has 184 valence electrons. The number of ether oxygens (including phenoxy) is 2. The number of rotatable bonds is 8. The third kappa shape index (κ3) is 4.60. The van der Waals surface area contributed by atoms with Crippen molar-refractivity contribution in [1.29, 1.82) is 0 Å². The molecule has 1 saturated carbocycles. The van der Waals surface area contributed by atoms with Crippen molar-refractivity contribution in [2.45, 2.75) is 36.1 Å². The van der Waals surface area contributed by atoms with Crippen molar-refractivity contribution < 1.29 is 29.2 Å². The van der Waals surface area contributed by atoms with Gasteiger partial charge in [0, 0.05) is 13.0 Å². The topological polar surface area (TPSA) is 127 Å². The van der Waals surface area contributed by atoms with Gasteiger partial charge in [0.05, 0.1) is 22.6 Å². The number of aliphatic hydroxyl groups excluding tert-OH is 1. The van der Waals surface area contributed by atoms with E-state index in [0.29, 0.717) is 28.6 Å². The highest BCUT2D eigenvalue weighted by Gasteiger charge is 2.51. The first-order valence-electron chi connectivity index (χ1n) is 11.2. The first kappa shape index (κ1) is 23.3. The minimum atomic E-state index is -3.74. The van der Waals surface area contributed by atoms with Crippen LogP contribution in [0.1, 0.15) is 26.8 Å². The summed E-state index contributed by atoms with van der Waals surface area (Å²) in [4.78, 5) is 17.8. The van der Waals surface area contributed by atoms with Crippen LogP contribution >= 0.6 is 0 Å². The molecule has 2 aromatic carbocycles. The average Bonchev–Trinajstić information content (AvgIpc) is 3.55. The van der Waals surface area contributed by atoms with E-state index in [1.165, 1.54) is 12.1 Å². The number of amides is 1. The number of hydrogen-bond acceptors (Lipinski definition) is 7. The van der Waals surface area contributed by atoms with Crippen LogP contribution in [0.15, 0.2) is 65.6 Å². The summed E-state index contributed by atoms with van der Waals surface area (Å²) < 4.78 is 38.0. The van der Waals surface area contributed by atoms with Gasteiger partial charge in [-0.15, -0.1) is 0 Å². The Morgan fingerprint density at radius 1 is 1.11 bits per heavy atom. The first-order chi connectivity index (χ1) is 16.8. The number of nitrogens with zero attached hydrogens (tertiary/aromatic N) is 1. The van der Waals surface area contributed by atoms with Crippen LogP contribution in [0.2, 0.25) is 0 Å². The Hall–Kier alpha value is -3.47. The number of sulfonamides is 1. The lowest BCUT2D eigenvalue weighted by molar-refractivity contribution is -0.118. The predicted octanol–water partition coefficient (Wildman–Crippen LogP) is 3.05. The zero-order valence-corrected chi connectivity index (χ0v) is 19.8. The van der Waals surface area contributed by atoms with Crippen molar-refractivity contribution in [3.63, 3.8) is 0 Å². The molecule has 2 aliphatic rings. The highest BCUT2D eigenvalue weighted by Crippen LogP contribution is 2.51. The number of carbonyl (C=O) groups is 1. The molecule has 1 aliphatic carbocycles. The zero-order valence-electron chi connectivity index (χ0n) is 19.0. The normalized spacial score (nSPS) is 16.5. The smallest absolute Gasteiger partial charge is 0.240 e. The molecular formula is C25H27N3O6S. The molecule has 1 aromatic heterocycles. The fourth-order valence-corrected chi connectivity index (χ4v) is 5.28. The lowest BCUT2D eigenvalue weighted by Gasteiger charge is -2.16. The summed E-state index contributed by atoms with van der Waals surface area (Å²) in [7, 11) is -3.74. The number of hydrogen-bond donors (Lipinski definition) is 3. The van der Waals surface area contributed by atoms with Gasteiger partial charge in [-0.1, -0.05) is 24.3 Å². The Bertz CT molecular complexity index is 1380. The fourth-order valence-electron chi connectivity index (χ4n) is 4.04. The molecule has 0 radical (unpaired) electrons. The summed E-state index contributed by atoms with van der Waals surface area (Å²) in [5.74, 6) is 1.60. The van der Waals surface area contributed by atoms with Gasteiger partial charge in [-0.25, -0.2) is 18.1 Å². The SMILES string of the molecule is C[C@H](CO)NS(=O)(=O)c1ccc(-c2cccc(NC(=O)C3(c4ccc5c(c4)OCO5)CC3)n2)cc1.[HH]. The fraction of sp³-hybridized carbons (Fsp3) is 0.280. The largest absolute Gasteiger partial charge is 0.454 e. The van der Waals surface area contributed by atoms with Gasteiger partial charge in [-0.2, -0.15) is 0 Å². The maximum Gasteiger partial charge on any atom is 0.240 e. The number of aromatic nitrogens is 1. The minimum Gasteiger partial charge on any atom is -0.454 e. The number of fused-ring (bicyclic) bond motifs is 1. The van der Waals surface area contributed by atoms with E-state index in [1.807, 2.05) is 18.2 Å². The number of benzene rings is 2. The molecule has 0 saturated heterocycles. The summed E-state index contributed by atoms with van der Waals surface area (Å²) >= 11 is 0. The molecule has 5 rings (SSSR count). The quantitative estimate of drug-likeness (QED) is 0.437. The Morgan fingerprint density at radius 3 is 2.57 bits per heavy atom. The zero-order chi connectivity index (χ0) is 24.6. The van der Waals surface area contributed by atoms with Gasteiger partial charge in [0.25, 0.3) is 0 Å². The van der Waals surface area contributed by atoms with E-state index in [4.69, 9.17) is 14.6 Å². The standard InChI is InChI=1S/C25H25N3O6S.H2/c1-16(14-29)28-35(31,32)19-8-5-17(6-9-19)20-3-2-4-23(26-20)27-24(30)25(11-12-25)18-7-10-21-22(13-18)34-15-33-21;/h2-10,13,16,28-29H,11-12,14-15H2,1H3,(H,26,27,30);1H/t16-;/m1./s1. The summed E-state index contributed by atoms with van der Waals surface area (Å²) in [6, 6.07) is 16.6. The number of anilines is 1. The van der Waals surface area contributed by atoms with Crippen molar-refractivity contribution in [2.75, 3.05) is 18.7 Å². The lowest BCUT2D eigenvalue weighted by atomic mass is 9.94. The Kier molecular flexibility index (Phi) is 5.96. The van der Waals surface area contributed by atoms with E-state index in [-0.39, 0.29) is 25.6 Å². The van der Waals surface area contributed by atoms with Gasteiger partial charge in [0.1, 0.15) is 5.82 Å². The Labute approximate surface area is 204 Å². The summed E-state index contributed by atoms with van der Waals surface area (Å²) in [5.41, 5.74) is 1.56. The van der Waals surface area contributed by atoms with Crippen LogP contribution in [-0.2, 0) is 20.2 Å². The molecule has 1 amide bonds. The van der Waals surface area contributed by atoms with Gasteiger partial charge in [-0.3, -0.25) is 4.79 Å². The van der Waals surface area contributed by atoms with E-state index in [2.05, 4.69) is 15.0 Å².